The number of carboxylic acid groups (broad SMARTS) is 1. The Bertz CT molecular complexity index is 157. The van der Waals surface area contributed by atoms with Gasteiger partial charge in [-0.3, -0.25) is 10.1 Å². The summed E-state index contributed by atoms with van der Waals surface area (Å²) in [6.45, 7) is 7.43. The van der Waals surface area contributed by atoms with Gasteiger partial charge in [0.25, 0.3) is 0 Å². The van der Waals surface area contributed by atoms with E-state index < -0.39 is 12.0 Å². The molecule has 3 nitrogen and oxygen atoms in total. The molecule has 0 amide bonds. The standard InChI is InChI=1S/C9H17NO2/c1-4-6-8(9(11)12)10-7(3)5-2/h5,7-8,10H,2,4,6H2,1,3H3,(H,11,12). The lowest BCUT2D eigenvalue weighted by atomic mass is 10.1. The highest BCUT2D eigenvalue weighted by atomic mass is 16.4. The largest absolute Gasteiger partial charge is 0.480 e. The van der Waals surface area contributed by atoms with Crippen molar-refractivity contribution in [2.45, 2.75) is 38.8 Å². The normalized spacial score (nSPS) is 15.2. The zero-order valence-corrected chi connectivity index (χ0v) is 7.71. The number of carbonyl (C=O) groups is 1. The summed E-state index contributed by atoms with van der Waals surface area (Å²) in [7, 11) is 0. The first kappa shape index (κ1) is 11.2. The maximum absolute atomic E-state index is 10.6. The van der Waals surface area contributed by atoms with E-state index in [2.05, 4.69) is 11.9 Å². The molecule has 0 saturated carbocycles. The Labute approximate surface area is 73.5 Å². The first-order valence-electron chi connectivity index (χ1n) is 4.23. The fourth-order valence-electron chi connectivity index (χ4n) is 0.952. The molecule has 0 heterocycles. The predicted molar refractivity (Wildman–Crippen MR) is 49.1 cm³/mol. The molecule has 2 N–H and O–H groups in total. The van der Waals surface area contributed by atoms with Crippen LogP contribution >= 0.6 is 0 Å². The summed E-state index contributed by atoms with van der Waals surface area (Å²) in [5.74, 6) is -0.787. The molecule has 0 radical (unpaired) electrons. The molecular weight excluding hydrogens is 154 g/mol. The van der Waals surface area contributed by atoms with Gasteiger partial charge in [-0.25, -0.2) is 0 Å². The molecule has 2 unspecified atom stereocenters. The van der Waals surface area contributed by atoms with E-state index in [0.29, 0.717) is 6.42 Å². The SMILES string of the molecule is C=CC(C)NC(CCC)C(=O)O. The van der Waals surface area contributed by atoms with E-state index in [1.54, 1.807) is 6.08 Å². The van der Waals surface area contributed by atoms with E-state index in [-0.39, 0.29) is 6.04 Å². The van der Waals surface area contributed by atoms with Crippen molar-refractivity contribution in [2.24, 2.45) is 0 Å². The maximum Gasteiger partial charge on any atom is 0.320 e. The van der Waals surface area contributed by atoms with Crippen LogP contribution in [0.3, 0.4) is 0 Å². The van der Waals surface area contributed by atoms with Gasteiger partial charge in [0.1, 0.15) is 6.04 Å². The van der Waals surface area contributed by atoms with Gasteiger partial charge in [0.15, 0.2) is 0 Å². The van der Waals surface area contributed by atoms with Gasteiger partial charge < -0.3 is 5.11 Å². The Hall–Kier alpha value is -0.830. The lowest BCUT2D eigenvalue weighted by molar-refractivity contribution is -0.139. The average Bonchev–Trinajstić information content (AvgIpc) is 2.03. The van der Waals surface area contributed by atoms with Crippen molar-refractivity contribution in [3.63, 3.8) is 0 Å². The molecule has 0 fully saturated rings. The van der Waals surface area contributed by atoms with Crippen molar-refractivity contribution >= 4 is 5.97 Å². The van der Waals surface area contributed by atoms with Crippen LogP contribution in [0.15, 0.2) is 12.7 Å². The van der Waals surface area contributed by atoms with E-state index in [9.17, 15) is 4.79 Å². The summed E-state index contributed by atoms with van der Waals surface area (Å²) < 4.78 is 0. The third-order valence-corrected chi connectivity index (χ3v) is 1.69. The van der Waals surface area contributed by atoms with Crippen molar-refractivity contribution in [3.8, 4) is 0 Å². The topological polar surface area (TPSA) is 49.3 Å². The maximum atomic E-state index is 10.6. The third-order valence-electron chi connectivity index (χ3n) is 1.69. The van der Waals surface area contributed by atoms with Crippen LogP contribution in [0.5, 0.6) is 0 Å². The number of carboxylic acids is 1. The van der Waals surface area contributed by atoms with Gasteiger partial charge in [-0.2, -0.15) is 0 Å². The van der Waals surface area contributed by atoms with Gasteiger partial charge >= 0.3 is 5.97 Å². The second-order valence-electron chi connectivity index (χ2n) is 2.87. The minimum Gasteiger partial charge on any atom is -0.480 e. The average molecular weight is 171 g/mol. The summed E-state index contributed by atoms with van der Waals surface area (Å²) in [6.07, 6.45) is 3.23. The van der Waals surface area contributed by atoms with Crippen molar-refractivity contribution in [1.82, 2.24) is 5.32 Å². The highest BCUT2D eigenvalue weighted by molar-refractivity contribution is 5.73. The van der Waals surface area contributed by atoms with Gasteiger partial charge in [-0.15, -0.1) is 6.58 Å². The molecule has 0 aliphatic carbocycles. The molecule has 0 spiro atoms. The Morgan fingerprint density at radius 1 is 1.75 bits per heavy atom. The minimum absolute atomic E-state index is 0.0534. The molecule has 70 valence electrons. The first-order valence-corrected chi connectivity index (χ1v) is 4.23. The zero-order chi connectivity index (χ0) is 9.56. The van der Waals surface area contributed by atoms with E-state index in [1.807, 2.05) is 13.8 Å². The second-order valence-corrected chi connectivity index (χ2v) is 2.87. The van der Waals surface area contributed by atoms with Gasteiger partial charge in [0.2, 0.25) is 0 Å². The van der Waals surface area contributed by atoms with Crippen LogP contribution < -0.4 is 5.32 Å². The Balaban J connectivity index is 3.94. The molecule has 0 aliphatic rings. The fraction of sp³-hybridized carbons (Fsp3) is 0.667. The molecule has 0 aromatic rings. The van der Waals surface area contributed by atoms with E-state index in [4.69, 9.17) is 5.11 Å². The second kappa shape index (κ2) is 5.77. The molecule has 2 atom stereocenters. The first-order chi connectivity index (χ1) is 5.61. The van der Waals surface area contributed by atoms with Gasteiger partial charge in [0, 0.05) is 6.04 Å². The van der Waals surface area contributed by atoms with Crippen molar-refractivity contribution in [2.75, 3.05) is 0 Å². The van der Waals surface area contributed by atoms with E-state index in [0.717, 1.165) is 6.42 Å². The number of aliphatic carboxylic acids is 1. The van der Waals surface area contributed by atoms with Crippen LogP contribution in [0.25, 0.3) is 0 Å². The van der Waals surface area contributed by atoms with Gasteiger partial charge in [-0.05, 0) is 13.3 Å². The summed E-state index contributed by atoms with van der Waals surface area (Å²) in [6, 6.07) is -0.388. The van der Waals surface area contributed by atoms with Gasteiger partial charge in [-0.1, -0.05) is 19.4 Å². The summed E-state index contributed by atoms with van der Waals surface area (Å²) in [4.78, 5) is 10.6. The zero-order valence-electron chi connectivity index (χ0n) is 7.71. The van der Waals surface area contributed by atoms with E-state index in [1.165, 1.54) is 0 Å². The van der Waals surface area contributed by atoms with Crippen molar-refractivity contribution in [1.29, 1.82) is 0 Å². The highest BCUT2D eigenvalue weighted by Gasteiger charge is 2.16. The Morgan fingerprint density at radius 2 is 2.33 bits per heavy atom. The fourth-order valence-corrected chi connectivity index (χ4v) is 0.952. The summed E-state index contributed by atoms with van der Waals surface area (Å²) in [5, 5.41) is 11.7. The number of hydrogen-bond donors (Lipinski definition) is 2. The van der Waals surface area contributed by atoms with Crippen LogP contribution in [-0.4, -0.2) is 23.2 Å². The number of nitrogens with one attached hydrogen (secondary N) is 1. The minimum atomic E-state index is -0.787. The number of rotatable bonds is 6. The quantitative estimate of drug-likeness (QED) is 0.594. The Kier molecular flexibility index (Phi) is 5.37. The van der Waals surface area contributed by atoms with Crippen LogP contribution in [0.4, 0.5) is 0 Å². The molecule has 3 heteroatoms. The lowest BCUT2D eigenvalue weighted by Gasteiger charge is -2.16. The van der Waals surface area contributed by atoms with Crippen LogP contribution in [0.1, 0.15) is 26.7 Å². The van der Waals surface area contributed by atoms with Gasteiger partial charge in [0.05, 0.1) is 0 Å². The van der Waals surface area contributed by atoms with Crippen molar-refractivity contribution in [3.05, 3.63) is 12.7 Å². The highest BCUT2D eigenvalue weighted by Crippen LogP contribution is 1.98. The monoisotopic (exact) mass is 171 g/mol. The number of hydrogen-bond acceptors (Lipinski definition) is 2. The molecule has 0 aliphatic heterocycles. The molecule has 0 saturated heterocycles. The predicted octanol–water partition coefficient (Wildman–Crippen LogP) is 1.40. The molecule has 12 heavy (non-hydrogen) atoms. The molecular formula is C9H17NO2. The van der Waals surface area contributed by atoms with Crippen LogP contribution in [-0.2, 0) is 4.79 Å². The van der Waals surface area contributed by atoms with Crippen LogP contribution in [0, 0.1) is 0 Å². The van der Waals surface area contributed by atoms with Crippen molar-refractivity contribution < 1.29 is 9.90 Å². The summed E-state index contributed by atoms with van der Waals surface area (Å²) in [5.41, 5.74) is 0. The smallest absolute Gasteiger partial charge is 0.320 e. The van der Waals surface area contributed by atoms with E-state index >= 15 is 0 Å². The molecule has 0 aromatic carbocycles. The van der Waals surface area contributed by atoms with Crippen LogP contribution in [0.2, 0.25) is 0 Å². The summed E-state index contributed by atoms with van der Waals surface area (Å²) >= 11 is 0. The molecule has 0 rings (SSSR count). The molecule has 0 bridgehead atoms. The Morgan fingerprint density at radius 3 is 2.67 bits per heavy atom. The molecule has 0 aromatic heterocycles. The third kappa shape index (κ3) is 4.13. The lowest BCUT2D eigenvalue weighted by Crippen LogP contribution is -2.41.